The number of rotatable bonds is 4. The molecular weight excluding hydrogens is 357 g/mol. The van der Waals surface area contributed by atoms with Crippen LogP contribution in [0.2, 0.25) is 0 Å². The normalized spacial score (nSPS) is 16.4. The van der Waals surface area contributed by atoms with Gasteiger partial charge in [0.15, 0.2) is 5.75 Å². The summed E-state index contributed by atoms with van der Waals surface area (Å²) in [6, 6.07) is 4.65. The summed E-state index contributed by atoms with van der Waals surface area (Å²) in [6.07, 6.45) is -0.796. The SMILES string of the molecule is CC(=NOc1cccc(C(F)(F)F)c1)c1cnc(C)nc1C1CCNCC1. The highest BCUT2D eigenvalue weighted by Crippen LogP contribution is 2.31. The molecule has 0 spiro atoms. The van der Waals surface area contributed by atoms with E-state index in [1.54, 1.807) is 13.1 Å². The molecule has 8 heteroatoms. The van der Waals surface area contributed by atoms with Crippen molar-refractivity contribution in [1.29, 1.82) is 0 Å². The van der Waals surface area contributed by atoms with Crippen LogP contribution in [0.25, 0.3) is 0 Å². The summed E-state index contributed by atoms with van der Waals surface area (Å²) < 4.78 is 38.4. The first-order valence-corrected chi connectivity index (χ1v) is 8.78. The van der Waals surface area contributed by atoms with Gasteiger partial charge in [-0.15, -0.1) is 0 Å². The van der Waals surface area contributed by atoms with Crippen molar-refractivity contribution in [3.05, 3.63) is 53.1 Å². The fourth-order valence-electron chi connectivity index (χ4n) is 3.07. The summed E-state index contributed by atoms with van der Waals surface area (Å²) in [5.41, 5.74) is 1.43. The molecule has 0 radical (unpaired) electrons. The van der Waals surface area contributed by atoms with Crippen LogP contribution in [0.1, 0.15) is 48.3 Å². The summed E-state index contributed by atoms with van der Waals surface area (Å²) in [7, 11) is 0. The first kappa shape index (κ1) is 19.3. The second-order valence-electron chi connectivity index (χ2n) is 6.53. The van der Waals surface area contributed by atoms with Crippen molar-refractivity contribution in [3.63, 3.8) is 0 Å². The lowest BCUT2D eigenvalue weighted by atomic mass is 9.90. The Hall–Kier alpha value is -2.48. The number of hydrogen-bond donors (Lipinski definition) is 1. The number of piperidine rings is 1. The third-order valence-electron chi connectivity index (χ3n) is 4.50. The van der Waals surface area contributed by atoms with E-state index in [0.717, 1.165) is 49.3 Å². The van der Waals surface area contributed by atoms with E-state index in [2.05, 4.69) is 20.4 Å². The molecular formula is C19H21F3N4O. The molecule has 144 valence electrons. The number of aromatic nitrogens is 2. The van der Waals surface area contributed by atoms with Gasteiger partial charge in [-0.25, -0.2) is 9.97 Å². The van der Waals surface area contributed by atoms with Gasteiger partial charge >= 0.3 is 6.18 Å². The van der Waals surface area contributed by atoms with Crippen molar-refractivity contribution in [3.8, 4) is 5.75 Å². The minimum Gasteiger partial charge on any atom is -0.357 e. The number of alkyl halides is 3. The number of halogens is 3. The number of hydrogen-bond acceptors (Lipinski definition) is 5. The van der Waals surface area contributed by atoms with Gasteiger partial charge in [-0.05, 0) is 58.0 Å². The molecule has 2 heterocycles. The van der Waals surface area contributed by atoms with Crippen LogP contribution in [0.4, 0.5) is 13.2 Å². The molecule has 1 aromatic heterocycles. The Kier molecular flexibility index (Phi) is 5.74. The van der Waals surface area contributed by atoms with Crippen LogP contribution in [0, 0.1) is 6.92 Å². The molecule has 0 amide bonds. The topological polar surface area (TPSA) is 59.4 Å². The van der Waals surface area contributed by atoms with Gasteiger partial charge in [-0.1, -0.05) is 11.2 Å². The van der Waals surface area contributed by atoms with Crippen LogP contribution < -0.4 is 10.2 Å². The van der Waals surface area contributed by atoms with Crippen LogP contribution in [0.5, 0.6) is 5.75 Å². The maximum absolute atomic E-state index is 12.8. The van der Waals surface area contributed by atoms with Crippen LogP contribution in [-0.4, -0.2) is 28.8 Å². The maximum atomic E-state index is 12.8. The number of aryl methyl sites for hydroxylation is 1. The minimum absolute atomic E-state index is 0.0284. The second-order valence-corrected chi connectivity index (χ2v) is 6.53. The van der Waals surface area contributed by atoms with Gasteiger partial charge in [-0.3, -0.25) is 0 Å². The van der Waals surface area contributed by atoms with E-state index in [1.807, 2.05) is 6.92 Å². The van der Waals surface area contributed by atoms with Crippen molar-refractivity contribution < 1.29 is 18.0 Å². The number of nitrogens with one attached hydrogen (secondary N) is 1. The zero-order chi connectivity index (χ0) is 19.4. The summed E-state index contributed by atoms with van der Waals surface area (Å²) >= 11 is 0. The predicted molar refractivity (Wildman–Crippen MR) is 95.9 cm³/mol. The van der Waals surface area contributed by atoms with Gasteiger partial charge in [0, 0.05) is 17.7 Å². The van der Waals surface area contributed by atoms with E-state index in [9.17, 15) is 13.2 Å². The third kappa shape index (κ3) is 4.82. The van der Waals surface area contributed by atoms with Crippen LogP contribution in [0.3, 0.4) is 0 Å². The molecule has 0 saturated carbocycles. The van der Waals surface area contributed by atoms with Gasteiger partial charge in [-0.2, -0.15) is 13.2 Å². The first-order chi connectivity index (χ1) is 12.8. The highest BCUT2D eigenvalue weighted by Gasteiger charge is 2.30. The number of benzene rings is 1. The molecule has 1 aliphatic rings. The Morgan fingerprint density at radius 1 is 1.26 bits per heavy atom. The lowest BCUT2D eigenvalue weighted by Crippen LogP contribution is -2.28. The molecule has 0 aliphatic carbocycles. The van der Waals surface area contributed by atoms with E-state index in [-0.39, 0.29) is 5.75 Å². The Morgan fingerprint density at radius 2 is 2.00 bits per heavy atom. The third-order valence-corrected chi connectivity index (χ3v) is 4.50. The van der Waals surface area contributed by atoms with Crippen molar-refractivity contribution in [2.45, 2.75) is 38.8 Å². The maximum Gasteiger partial charge on any atom is 0.416 e. The highest BCUT2D eigenvalue weighted by molar-refractivity contribution is 5.99. The molecule has 1 saturated heterocycles. The van der Waals surface area contributed by atoms with E-state index < -0.39 is 11.7 Å². The number of nitrogens with zero attached hydrogens (tertiary/aromatic N) is 3. The van der Waals surface area contributed by atoms with E-state index >= 15 is 0 Å². The van der Waals surface area contributed by atoms with Gasteiger partial charge in [0.2, 0.25) is 0 Å². The van der Waals surface area contributed by atoms with Gasteiger partial charge in [0.1, 0.15) is 5.82 Å². The molecule has 1 aromatic carbocycles. The predicted octanol–water partition coefficient (Wildman–Crippen LogP) is 4.07. The quantitative estimate of drug-likeness (QED) is 0.644. The molecule has 0 atom stereocenters. The zero-order valence-electron chi connectivity index (χ0n) is 15.2. The second kappa shape index (κ2) is 8.04. The zero-order valence-corrected chi connectivity index (χ0v) is 15.2. The first-order valence-electron chi connectivity index (χ1n) is 8.78. The Labute approximate surface area is 155 Å². The van der Waals surface area contributed by atoms with E-state index in [0.29, 0.717) is 17.5 Å². The fraction of sp³-hybridized carbons (Fsp3) is 0.421. The molecule has 5 nitrogen and oxygen atoms in total. The Bertz CT molecular complexity index is 830. The van der Waals surface area contributed by atoms with Crippen molar-refractivity contribution in [2.75, 3.05) is 13.1 Å². The lowest BCUT2D eigenvalue weighted by Gasteiger charge is -2.24. The standard InChI is InChI=1S/C19H21F3N4O/c1-12(26-27-16-5-3-4-15(10-16)19(20,21)22)17-11-24-13(2)25-18(17)14-6-8-23-9-7-14/h3-5,10-11,14,23H,6-9H2,1-2H3. The average molecular weight is 378 g/mol. The fourth-order valence-corrected chi connectivity index (χ4v) is 3.07. The monoisotopic (exact) mass is 378 g/mol. The van der Waals surface area contributed by atoms with Crippen molar-refractivity contribution >= 4 is 5.71 Å². The van der Waals surface area contributed by atoms with E-state index in [4.69, 9.17) is 4.84 Å². The largest absolute Gasteiger partial charge is 0.416 e. The number of oxime groups is 1. The molecule has 3 rings (SSSR count). The summed E-state index contributed by atoms with van der Waals surface area (Å²) in [5, 5.41) is 7.35. The smallest absolute Gasteiger partial charge is 0.357 e. The van der Waals surface area contributed by atoms with Crippen molar-refractivity contribution in [1.82, 2.24) is 15.3 Å². The van der Waals surface area contributed by atoms with Crippen LogP contribution >= 0.6 is 0 Å². The van der Waals surface area contributed by atoms with Crippen LogP contribution in [0.15, 0.2) is 35.6 Å². The van der Waals surface area contributed by atoms with E-state index in [1.165, 1.54) is 12.1 Å². The van der Waals surface area contributed by atoms with Gasteiger partial charge in [0.05, 0.1) is 17.0 Å². The molecule has 0 bridgehead atoms. The average Bonchev–Trinajstić information content (AvgIpc) is 2.66. The minimum atomic E-state index is -4.43. The Balaban J connectivity index is 1.84. The molecule has 1 aliphatic heterocycles. The van der Waals surface area contributed by atoms with Gasteiger partial charge in [0.25, 0.3) is 0 Å². The summed E-state index contributed by atoms with van der Waals surface area (Å²) in [5.74, 6) is 1.00. The summed E-state index contributed by atoms with van der Waals surface area (Å²) in [4.78, 5) is 14.1. The highest BCUT2D eigenvalue weighted by atomic mass is 19.4. The molecule has 27 heavy (non-hydrogen) atoms. The molecule has 1 fully saturated rings. The van der Waals surface area contributed by atoms with Gasteiger partial charge < -0.3 is 10.2 Å². The van der Waals surface area contributed by atoms with Crippen LogP contribution in [-0.2, 0) is 6.18 Å². The summed E-state index contributed by atoms with van der Waals surface area (Å²) in [6.45, 7) is 5.42. The van der Waals surface area contributed by atoms with Crippen molar-refractivity contribution in [2.24, 2.45) is 5.16 Å². The molecule has 0 unspecified atom stereocenters. The lowest BCUT2D eigenvalue weighted by molar-refractivity contribution is -0.137. The molecule has 1 N–H and O–H groups in total. The Morgan fingerprint density at radius 3 is 2.70 bits per heavy atom. The molecule has 2 aromatic rings.